The van der Waals surface area contributed by atoms with Crippen LogP contribution in [0.2, 0.25) is 0 Å². The topological polar surface area (TPSA) is 54.2 Å². The third kappa shape index (κ3) is 6.05. The predicted octanol–water partition coefficient (Wildman–Crippen LogP) is 2.48. The maximum absolute atomic E-state index is 4.26. The first-order valence-electron chi connectivity index (χ1n) is 7.16. The summed E-state index contributed by atoms with van der Waals surface area (Å²) in [6.07, 6.45) is 3.90. The molecule has 6 heteroatoms. The lowest BCUT2D eigenvalue weighted by atomic mass is 10.1. The highest BCUT2D eigenvalue weighted by atomic mass is 127. The molecule has 0 fully saturated rings. The summed E-state index contributed by atoms with van der Waals surface area (Å²) < 4.78 is 1.93. The smallest absolute Gasteiger partial charge is 0.191 e. The van der Waals surface area contributed by atoms with Crippen LogP contribution in [0.25, 0.3) is 0 Å². The van der Waals surface area contributed by atoms with E-state index in [1.54, 1.807) is 7.05 Å². The van der Waals surface area contributed by atoms with E-state index >= 15 is 0 Å². The maximum atomic E-state index is 4.26. The first-order valence-corrected chi connectivity index (χ1v) is 7.16. The van der Waals surface area contributed by atoms with Gasteiger partial charge >= 0.3 is 0 Å². The summed E-state index contributed by atoms with van der Waals surface area (Å²) in [4.78, 5) is 4.23. The minimum absolute atomic E-state index is 0. The van der Waals surface area contributed by atoms with Gasteiger partial charge in [0.2, 0.25) is 0 Å². The number of benzene rings is 1. The highest BCUT2D eigenvalue weighted by Crippen LogP contribution is 2.03. The van der Waals surface area contributed by atoms with Crippen molar-refractivity contribution in [1.29, 1.82) is 0 Å². The molecule has 0 bridgehead atoms. The number of hydrogen-bond acceptors (Lipinski definition) is 2. The molecule has 0 amide bonds. The lowest BCUT2D eigenvalue weighted by Gasteiger charge is -2.12. The Balaban J connectivity index is 0.00000242. The van der Waals surface area contributed by atoms with Crippen LogP contribution in [0.3, 0.4) is 0 Å². The van der Waals surface area contributed by atoms with Gasteiger partial charge in [0.15, 0.2) is 5.96 Å². The molecule has 2 N–H and O–H groups in total. The van der Waals surface area contributed by atoms with Crippen LogP contribution in [0.4, 0.5) is 0 Å². The SMILES string of the molecule is CN=C(NCCn1cc(C)cn1)NCc1cccc(C)c1.I. The second-order valence-corrected chi connectivity index (χ2v) is 5.12. The summed E-state index contributed by atoms with van der Waals surface area (Å²) in [5.41, 5.74) is 3.70. The van der Waals surface area contributed by atoms with E-state index in [0.29, 0.717) is 0 Å². The first kappa shape index (κ1) is 18.5. The first-order chi connectivity index (χ1) is 10.2. The number of nitrogens with zero attached hydrogens (tertiary/aromatic N) is 3. The van der Waals surface area contributed by atoms with Crippen LogP contribution in [0.5, 0.6) is 0 Å². The van der Waals surface area contributed by atoms with Gasteiger partial charge in [0, 0.05) is 26.3 Å². The molecule has 0 aliphatic rings. The average molecular weight is 413 g/mol. The van der Waals surface area contributed by atoms with Gasteiger partial charge in [-0.25, -0.2) is 0 Å². The average Bonchev–Trinajstić information content (AvgIpc) is 2.88. The maximum Gasteiger partial charge on any atom is 0.191 e. The summed E-state index contributed by atoms with van der Waals surface area (Å²) in [7, 11) is 1.78. The van der Waals surface area contributed by atoms with Gasteiger partial charge in [0.05, 0.1) is 12.7 Å². The van der Waals surface area contributed by atoms with Gasteiger partial charge in [0.1, 0.15) is 0 Å². The molecular weight excluding hydrogens is 389 g/mol. The van der Waals surface area contributed by atoms with E-state index in [1.165, 1.54) is 16.7 Å². The summed E-state index contributed by atoms with van der Waals surface area (Å²) in [6, 6.07) is 8.46. The van der Waals surface area contributed by atoms with Gasteiger partial charge in [-0.3, -0.25) is 9.67 Å². The molecule has 2 aromatic rings. The zero-order chi connectivity index (χ0) is 15.1. The number of nitrogens with one attached hydrogen (secondary N) is 2. The molecule has 2 rings (SSSR count). The number of hydrogen-bond donors (Lipinski definition) is 2. The molecule has 120 valence electrons. The Kier molecular flexibility index (Phi) is 7.94. The van der Waals surface area contributed by atoms with Crippen molar-refractivity contribution in [3.63, 3.8) is 0 Å². The van der Waals surface area contributed by atoms with Gasteiger partial charge in [0.25, 0.3) is 0 Å². The summed E-state index contributed by atoms with van der Waals surface area (Å²) in [6.45, 7) is 6.51. The summed E-state index contributed by atoms with van der Waals surface area (Å²) in [5.74, 6) is 0.806. The molecule has 0 unspecified atom stereocenters. The van der Waals surface area contributed by atoms with Crippen LogP contribution in [0.1, 0.15) is 16.7 Å². The normalized spacial score (nSPS) is 11.0. The molecule has 0 saturated heterocycles. The van der Waals surface area contributed by atoms with Gasteiger partial charge in [-0.2, -0.15) is 5.10 Å². The fourth-order valence-electron chi connectivity index (χ4n) is 2.11. The molecule has 0 atom stereocenters. The third-order valence-corrected chi connectivity index (χ3v) is 3.16. The monoisotopic (exact) mass is 413 g/mol. The Bertz CT molecular complexity index is 606. The molecular formula is C16H24IN5. The lowest BCUT2D eigenvalue weighted by molar-refractivity contribution is 0.597. The number of aliphatic imine (C=N–C) groups is 1. The van der Waals surface area contributed by atoms with Gasteiger partial charge < -0.3 is 10.6 Å². The van der Waals surface area contributed by atoms with E-state index in [-0.39, 0.29) is 24.0 Å². The Morgan fingerprint density at radius 2 is 2.05 bits per heavy atom. The number of aryl methyl sites for hydroxylation is 2. The third-order valence-electron chi connectivity index (χ3n) is 3.16. The van der Waals surface area contributed by atoms with E-state index in [4.69, 9.17) is 0 Å². The van der Waals surface area contributed by atoms with Crippen LogP contribution in [-0.4, -0.2) is 29.3 Å². The van der Waals surface area contributed by atoms with Crippen molar-refractivity contribution in [1.82, 2.24) is 20.4 Å². The number of halogens is 1. The molecule has 1 aromatic heterocycles. The summed E-state index contributed by atoms with van der Waals surface area (Å²) in [5, 5.41) is 10.9. The molecule has 1 aromatic carbocycles. The van der Waals surface area contributed by atoms with E-state index in [9.17, 15) is 0 Å². The van der Waals surface area contributed by atoms with E-state index in [0.717, 1.165) is 25.6 Å². The second kappa shape index (κ2) is 9.45. The van der Waals surface area contributed by atoms with Crippen molar-refractivity contribution >= 4 is 29.9 Å². The fraction of sp³-hybridized carbons (Fsp3) is 0.375. The van der Waals surface area contributed by atoms with Gasteiger partial charge in [-0.15, -0.1) is 24.0 Å². The van der Waals surface area contributed by atoms with Crippen molar-refractivity contribution in [2.24, 2.45) is 4.99 Å². The number of guanidine groups is 1. The predicted molar refractivity (Wildman–Crippen MR) is 102 cm³/mol. The standard InChI is InChI=1S/C16H23N5.HI/c1-13-5-4-6-15(9-13)11-19-16(17-3)18-7-8-21-12-14(2)10-20-21;/h4-6,9-10,12H,7-8,11H2,1-3H3,(H2,17,18,19);1H. The second-order valence-electron chi connectivity index (χ2n) is 5.12. The van der Waals surface area contributed by atoms with Gasteiger partial charge in [-0.1, -0.05) is 29.8 Å². The molecule has 1 heterocycles. The minimum Gasteiger partial charge on any atom is -0.355 e. The van der Waals surface area contributed by atoms with E-state index in [1.807, 2.05) is 24.0 Å². The number of rotatable bonds is 5. The Morgan fingerprint density at radius 3 is 2.68 bits per heavy atom. The van der Waals surface area contributed by atoms with E-state index in [2.05, 4.69) is 51.9 Å². The quantitative estimate of drug-likeness (QED) is 0.450. The van der Waals surface area contributed by atoms with Crippen LogP contribution in [0, 0.1) is 13.8 Å². The largest absolute Gasteiger partial charge is 0.355 e. The van der Waals surface area contributed by atoms with Crippen molar-refractivity contribution in [3.05, 3.63) is 53.3 Å². The highest BCUT2D eigenvalue weighted by Gasteiger charge is 1.99. The lowest BCUT2D eigenvalue weighted by Crippen LogP contribution is -2.38. The van der Waals surface area contributed by atoms with Crippen LogP contribution in [-0.2, 0) is 13.1 Å². The van der Waals surface area contributed by atoms with Crippen LogP contribution in [0.15, 0.2) is 41.7 Å². The van der Waals surface area contributed by atoms with Crippen molar-refractivity contribution in [2.75, 3.05) is 13.6 Å². The zero-order valence-corrected chi connectivity index (χ0v) is 15.7. The molecule has 0 spiro atoms. The fourth-order valence-corrected chi connectivity index (χ4v) is 2.11. The highest BCUT2D eigenvalue weighted by molar-refractivity contribution is 14.0. The molecule has 5 nitrogen and oxygen atoms in total. The Morgan fingerprint density at radius 1 is 1.23 bits per heavy atom. The number of aromatic nitrogens is 2. The van der Waals surface area contributed by atoms with Crippen LogP contribution < -0.4 is 10.6 Å². The minimum atomic E-state index is 0. The molecule has 0 saturated carbocycles. The van der Waals surface area contributed by atoms with Crippen molar-refractivity contribution in [2.45, 2.75) is 26.9 Å². The van der Waals surface area contributed by atoms with Crippen LogP contribution >= 0.6 is 24.0 Å². The van der Waals surface area contributed by atoms with Crippen molar-refractivity contribution < 1.29 is 0 Å². The Labute approximate surface area is 149 Å². The molecule has 22 heavy (non-hydrogen) atoms. The zero-order valence-electron chi connectivity index (χ0n) is 13.3. The molecule has 0 aliphatic carbocycles. The van der Waals surface area contributed by atoms with Crippen molar-refractivity contribution in [3.8, 4) is 0 Å². The summed E-state index contributed by atoms with van der Waals surface area (Å²) >= 11 is 0. The Hall–Kier alpha value is -1.57. The van der Waals surface area contributed by atoms with E-state index < -0.39 is 0 Å². The molecule has 0 aliphatic heterocycles. The molecule has 0 radical (unpaired) electrons. The van der Waals surface area contributed by atoms with Gasteiger partial charge in [-0.05, 0) is 25.0 Å².